The molecule has 0 radical (unpaired) electrons. The lowest BCUT2D eigenvalue weighted by molar-refractivity contribution is -0.0264. The molecular weight excluding hydrogens is 521 g/mol. The summed E-state index contributed by atoms with van der Waals surface area (Å²) in [7, 11) is 6.54. The fourth-order valence-corrected chi connectivity index (χ4v) is 3.87. The van der Waals surface area contributed by atoms with Crippen LogP contribution in [0.3, 0.4) is 0 Å². The van der Waals surface area contributed by atoms with Gasteiger partial charge in [0, 0.05) is 43.9 Å². The van der Waals surface area contributed by atoms with Crippen molar-refractivity contribution < 1.29 is 18.9 Å². The smallest absolute Gasteiger partial charge is 0.203 e. The van der Waals surface area contributed by atoms with Gasteiger partial charge in [0.1, 0.15) is 0 Å². The monoisotopic (exact) mass is 555 g/mol. The summed E-state index contributed by atoms with van der Waals surface area (Å²) in [6, 6.07) is 12.3. The van der Waals surface area contributed by atoms with Gasteiger partial charge in [0.05, 0.1) is 27.4 Å². The van der Waals surface area contributed by atoms with Crippen molar-refractivity contribution in [2.45, 2.75) is 25.9 Å². The van der Waals surface area contributed by atoms with E-state index in [1.54, 1.807) is 28.4 Å². The number of nitrogens with zero attached hydrogens (tertiary/aromatic N) is 1. The van der Waals surface area contributed by atoms with E-state index in [1.807, 2.05) is 12.1 Å². The summed E-state index contributed by atoms with van der Waals surface area (Å²) in [5.41, 5.74) is 3.27. The molecule has 7 nitrogen and oxygen atoms in total. The Morgan fingerprint density at radius 2 is 1.72 bits per heavy atom. The van der Waals surface area contributed by atoms with Gasteiger partial charge in [-0.15, -0.1) is 24.0 Å². The number of halogens is 1. The largest absolute Gasteiger partial charge is 0.493 e. The number of benzene rings is 2. The molecule has 176 valence electrons. The van der Waals surface area contributed by atoms with Crippen LogP contribution in [-0.2, 0) is 4.74 Å². The van der Waals surface area contributed by atoms with Crippen molar-refractivity contribution >= 4 is 35.6 Å². The summed E-state index contributed by atoms with van der Waals surface area (Å²) >= 11 is 0. The average Bonchev–Trinajstić information content (AvgIpc) is 2.81. The number of guanidine groups is 1. The Morgan fingerprint density at radius 1 is 1.06 bits per heavy atom. The van der Waals surface area contributed by atoms with Crippen LogP contribution in [0.2, 0.25) is 0 Å². The number of hydrogen-bond acceptors (Lipinski definition) is 5. The highest BCUT2D eigenvalue weighted by atomic mass is 127. The lowest BCUT2D eigenvalue weighted by Gasteiger charge is -2.32. The van der Waals surface area contributed by atoms with Crippen LogP contribution in [0.25, 0.3) is 0 Å². The van der Waals surface area contributed by atoms with E-state index < -0.39 is 0 Å². The van der Waals surface area contributed by atoms with Crippen molar-refractivity contribution in [2.24, 2.45) is 10.9 Å². The minimum atomic E-state index is 0. The molecule has 0 saturated carbocycles. The Balaban J connectivity index is 0.00000363. The molecule has 1 aliphatic rings. The molecule has 32 heavy (non-hydrogen) atoms. The number of rotatable bonds is 7. The summed E-state index contributed by atoms with van der Waals surface area (Å²) in [4.78, 5) is 4.37. The standard InChI is InChI=1S/C24H33N3O4.HI/c1-16-8-10-17(11-9-16)22-18(7-6-12-31-22)15-26-24(25-2)27-19-13-20(28-3)23(30-5)21(14-19)29-4;/h8-11,13-14,18,22H,6-7,12,15H2,1-5H3,(H2,25,26,27);1H. The van der Waals surface area contributed by atoms with E-state index in [0.717, 1.165) is 31.7 Å². The van der Waals surface area contributed by atoms with Gasteiger partial charge in [-0.2, -0.15) is 0 Å². The van der Waals surface area contributed by atoms with Crippen molar-refractivity contribution in [3.63, 3.8) is 0 Å². The Bertz CT molecular complexity index is 864. The minimum Gasteiger partial charge on any atom is -0.493 e. The second-order valence-electron chi connectivity index (χ2n) is 7.60. The zero-order chi connectivity index (χ0) is 22.2. The zero-order valence-corrected chi connectivity index (χ0v) is 21.8. The topological polar surface area (TPSA) is 73.3 Å². The highest BCUT2D eigenvalue weighted by Gasteiger charge is 2.27. The normalized spacial score (nSPS) is 18.3. The first kappa shape index (κ1) is 26.1. The fourth-order valence-electron chi connectivity index (χ4n) is 3.87. The number of aliphatic imine (C=N–C) groups is 1. The summed E-state index contributed by atoms with van der Waals surface area (Å²) < 4.78 is 22.4. The lowest BCUT2D eigenvalue weighted by atomic mass is 9.89. The molecule has 8 heteroatoms. The molecule has 1 saturated heterocycles. The molecule has 0 aromatic heterocycles. The molecule has 1 heterocycles. The van der Waals surface area contributed by atoms with Crippen molar-refractivity contribution in [3.05, 3.63) is 47.5 Å². The van der Waals surface area contributed by atoms with Crippen LogP contribution in [0, 0.1) is 12.8 Å². The van der Waals surface area contributed by atoms with Crippen LogP contribution in [0.15, 0.2) is 41.4 Å². The quantitative estimate of drug-likeness (QED) is 0.291. The number of aryl methyl sites for hydroxylation is 1. The molecular formula is C24H34IN3O4. The number of ether oxygens (including phenoxy) is 4. The van der Waals surface area contributed by atoms with Crippen LogP contribution in [0.5, 0.6) is 17.2 Å². The van der Waals surface area contributed by atoms with Crippen LogP contribution < -0.4 is 24.8 Å². The Labute approximate surface area is 207 Å². The summed E-state index contributed by atoms with van der Waals surface area (Å²) in [5.74, 6) is 2.75. The summed E-state index contributed by atoms with van der Waals surface area (Å²) in [5, 5.41) is 6.76. The predicted octanol–water partition coefficient (Wildman–Crippen LogP) is 4.79. The minimum absolute atomic E-state index is 0. The van der Waals surface area contributed by atoms with Crippen LogP contribution in [-0.4, -0.2) is 47.5 Å². The molecule has 0 amide bonds. The van der Waals surface area contributed by atoms with Crippen molar-refractivity contribution in [1.82, 2.24) is 5.32 Å². The van der Waals surface area contributed by atoms with E-state index in [0.29, 0.717) is 29.1 Å². The van der Waals surface area contributed by atoms with Gasteiger partial charge in [0.15, 0.2) is 17.5 Å². The van der Waals surface area contributed by atoms with Crippen molar-refractivity contribution in [3.8, 4) is 17.2 Å². The number of hydrogen-bond donors (Lipinski definition) is 2. The van der Waals surface area contributed by atoms with Crippen molar-refractivity contribution in [2.75, 3.05) is 46.8 Å². The van der Waals surface area contributed by atoms with Gasteiger partial charge in [-0.25, -0.2) is 0 Å². The molecule has 2 unspecified atom stereocenters. The van der Waals surface area contributed by atoms with Gasteiger partial charge >= 0.3 is 0 Å². The Hall–Kier alpha value is -2.20. The lowest BCUT2D eigenvalue weighted by Crippen LogP contribution is -2.38. The number of anilines is 1. The van der Waals surface area contributed by atoms with E-state index in [9.17, 15) is 0 Å². The van der Waals surface area contributed by atoms with Crippen LogP contribution >= 0.6 is 24.0 Å². The Kier molecular flexibility index (Phi) is 10.4. The van der Waals surface area contributed by atoms with E-state index in [2.05, 4.69) is 46.8 Å². The molecule has 2 aromatic carbocycles. The van der Waals surface area contributed by atoms with E-state index >= 15 is 0 Å². The third-order valence-corrected chi connectivity index (χ3v) is 5.53. The molecule has 2 N–H and O–H groups in total. The fraction of sp³-hybridized carbons (Fsp3) is 0.458. The maximum absolute atomic E-state index is 6.14. The van der Waals surface area contributed by atoms with Crippen LogP contribution in [0.1, 0.15) is 30.1 Å². The van der Waals surface area contributed by atoms with Gasteiger partial charge in [0.25, 0.3) is 0 Å². The third-order valence-electron chi connectivity index (χ3n) is 5.53. The molecule has 3 rings (SSSR count). The van der Waals surface area contributed by atoms with E-state index in [-0.39, 0.29) is 30.1 Å². The summed E-state index contributed by atoms with van der Waals surface area (Å²) in [6.07, 6.45) is 2.25. The van der Waals surface area contributed by atoms with E-state index in [4.69, 9.17) is 18.9 Å². The van der Waals surface area contributed by atoms with Gasteiger partial charge in [0.2, 0.25) is 5.75 Å². The number of nitrogens with one attached hydrogen (secondary N) is 2. The first-order valence-electron chi connectivity index (χ1n) is 10.6. The van der Waals surface area contributed by atoms with Gasteiger partial charge in [-0.05, 0) is 25.3 Å². The molecule has 1 fully saturated rings. The first-order chi connectivity index (χ1) is 15.1. The number of methoxy groups -OCH3 is 3. The average molecular weight is 555 g/mol. The second kappa shape index (κ2) is 12.7. The maximum atomic E-state index is 6.14. The highest BCUT2D eigenvalue weighted by molar-refractivity contribution is 14.0. The molecule has 2 aromatic rings. The first-order valence-corrected chi connectivity index (χ1v) is 10.6. The SMILES string of the molecule is CN=C(NCC1CCCOC1c1ccc(C)cc1)Nc1cc(OC)c(OC)c(OC)c1.I. The summed E-state index contributed by atoms with van der Waals surface area (Å²) in [6.45, 7) is 3.65. The van der Waals surface area contributed by atoms with Gasteiger partial charge < -0.3 is 29.6 Å². The van der Waals surface area contributed by atoms with Crippen LogP contribution in [0.4, 0.5) is 5.69 Å². The van der Waals surface area contributed by atoms with Gasteiger partial charge in [-0.1, -0.05) is 29.8 Å². The van der Waals surface area contributed by atoms with E-state index in [1.165, 1.54) is 11.1 Å². The molecule has 1 aliphatic heterocycles. The molecule has 0 aliphatic carbocycles. The second-order valence-corrected chi connectivity index (χ2v) is 7.60. The molecule has 0 spiro atoms. The highest BCUT2D eigenvalue weighted by Crippen LogP contribution is 2.40. The Morgan fingerprint density at radius 3 is 2.28 bits per heavy atom. The molecule has 0 bridgehead atoms. The van der Waals surface area contributed by atoms with Crippen molar-refractivity contribution in [1.29, 1.82) is 0 Å². The predicted molar refractivity (Wildman–Crippen MR) is 139 cm³/mol. The zero-order valence-electron chi connectivity index (χ0n) is 19.4. The maximum Gasteiger partial charge on any atom is 0.203 e. The third kappa shape index (κ3) is 6.41. The molecule has 2 atom stereocenters. The van der Waals surface area contributed by atoms with Gasteiger partial charge in [-0.3, -0.25) is 4.99 Å².